The highest BCUT2D eigenvalue weighted by Gasteiger charge is 2.36. The molecule has 35 heavy (non-hydrogen) atoms. The number of carbonyl (C=O) groups is 3. The number of halogens is 1. The number of rotatable bonds is 7. The lowest BCUT2D eigenvalue weighted by Crippen LogP contribution is -2.36. The van der Waals surface area contributed by atoms with Crippen LogP contribution in [-0.4, -0.2) is 28.5 Å². The zero-order valence-corrected chi connectivity index (χ0v) is 20.0. The molecule has 178 valence electrons. The fraction of sp³-hybridized carbons (Fsp3) is 0.148. The van der Waals surface area contributed by atoms with Gasteiger partial charge in [-0.25, -0.2) is 4.39 Å². The molecule has 1 heterocycles. The van der Waals surface area contributed by atoms with E-state index in [1.807, 2.05) is 32.0 Å². The smallest absolute Gasteiger partial charge is 0.294 e. The molecule has 1 aliphatic heterocycles. The molecule has 0 aromatic heterocycles. The quantitative estimate of drug-likeness (QED) is 0.430. The summed E-state index contributed by atoms with van der Waals surface area (Å²) < 4.78 is 19.0. The third kappa shape index (κ3) is 5.78. The number of ether oxygens (including phenoxy) is 1. The van der Waals surface area contributed by atoms with Crippen LogP contribution in [0.4, 0.5) is 14.9 Å². The van der Waals surface area contributed by atoms with Gasteiger partial charge in [-0.1, -0.05) is 48.5 Å². The summed E-state index contributed by atoms with van der Waals surface area (Å²) in [7, 11) is 0. The van der Waals surface area contributed by atoms with Gasteiger partial charge in [-0.15, -0.1) is 0 Å². The number of para-hydroxylation sites is 2. The van der Waals surface area contributed by atoms with Crippen molar-refractivity contribution in [2.24, 2.45) is 0 Å². The van der Waals surface area contributed by atoms with E-state index in [9.17, 15) is 18.8 Å². The summed E-state index contributed by atoms with van der Waals surface area (Å²) >= 11 is 0.777. The molecule has 3 amide bonds. The monoisotopic (exact) mass is 490 g/mol. The minimum Gasteiger partial charge on any atom is -0.488 e. The first-order valence-electron chi connectivity index (χ1n) is 10.9. The summed E-state index contributed by atoms with van der Waals surface area (Å²) in [5.74, 6) is -0.803. The first-order valence-corrected chi connectivity index (χ1v) is 11.7. The Morgan fingerprint density at radius 3 is 2.40 bits per heavy atom. The van der Waals surface area contributed by atoms with Gasteiger partial charge in [0.25, 0.3) is 11.1 Å². The standard InChI is InChI=1S/C27H23FN2O4S/c1-17-6-5-7-18(2)25(17)29-24(31)15-30-26(32)23(35-27(30)33)14-20-8-3-4-9-22(20)34-16-19-10-12-21(28)13-11-19/h3-14H,15-16H2,1-2H3,(H,29,31)/b23-14-. The van der Waals surface area contributed by atoms with Gasteiger partial charge in [0.2, 0.25) is 5.91 Å². The number of nitrogens with one attached hydrogen (secondary N) is 1. The van der Waals surface area contributed by atoms with Gasteiger partial charge in [0.15, 0.2) is 0 Å². The summed E-state index contributed by atoms with van der Waals surface area (Å²) in [6.07, 6.45) is 1.58. The fourth-order valence-corrected chi connectivity index (χ4v) is 4.41. The predicted octanol–water partition coefficient (Wildman–Crippen LogP) is 5.70. The zero-order chi connectivity index (χ0) is 24.9. The van der Waals surface area contributed by atoms with Crippen LogP contribution in [0, 0.1) is 19.7 Å². The summed E-state index contributed by atoms with van der Waals surface area (Å²) in [4.78, 5) is 39.2. The van der Waals surface area contributed by atoms with Crippen molar-refractivity contribution < 1.29 is 23.5 Å². The van der Waals surface area contributed by atoms with E-state index in [1.165, 1.54) is 12.1 Å². The van der Waals surface area contributed by atoms with E-state index in [-0.39, 0.29) is 23.9 Å². The van der Waals surface area contributed by atoms with Crippen molar-refractivity contribution in [3.05, 3.63) is 99.7 Å². The van der Waals surface area contributed by atoms with Gasteiger partial charge in [-0.05, 0) is 66.6 Å². The van der Waals surface area contributed by atoms with Crippen molar-refractivity contribution in [2.75, 3.05) is 11.9 Å². The topological polar surface area (TPSA) is 75.7 Å². The molecular formula is C27H23FN2O4S. The molecule has 0 radical (unpaired) electrons. The van der Waals surface area contributed by atoms with Gasteiger partial charge in [0.1, 0.15) is 24.7 Å². The molecule has 0 aliphatic carbocycles. The maximum Gasteiger partial charge on any atom is 0.294 e. The summed E-state index contributed by atoms with van der Waals surface area (Å²) in [6.45, 7) is 3.59. The molecule has 0 atom stereocenters. The SMILES string of the molecule is Cc1cccc(C)c1NC(=O)CN1C(=O)S/C(=C\c2ccccc2OCc2ccc(F)cc2)C1=O. The molecule has 0 unspecified atom stereocenters. The van der Waals surface area contributed by atoms with Crippen LogP contribution in [0.5, 0.6) is 5.75 Å². The van der Waals surface area contributed by atoms with Crippen molar-refractivity contribution in [1.82, 2.24) is 4.90 Å². The van der Waals surface area contributed by atoms with Crippen molar-refractivity contribution in [3.8, 4) is 5.75 Å². The van der Waals surface area contributed by atoms with Gasteiger partial charge < -0.3 is 10.1 Å². The van der Waals surface area contributed by atoms with Crippen LogP contribution in [0.3, 0.4) is 0 Å². The number of nitrogens with zero attached hydrogens (tertiary/aromatic N) is 1. The number of imide groups is 1. The third-order valence-electron chi connectivity index (χ3n) is 5.43. The maximum absolute atomic E-state index is 13.1. The van der Waals surface area contributed by atoms with E-state index in [4.69, 9.17) is 4.74 Å². The summed E-state index contributed by atoms with van der Waals surface area (Å²) in [6, 6.07) is 18.7. The number of hydrogen-bond donors (Lipinski definition) is 1. The lowest BCUT2D eigenvalue weighted by atomic mass is 10.1. The number of hydrogen-bond acceptors (Lipinski definition) is 5. The number of thioether (sulfide) groups is 1. The van der Waals surface area contributed by atoms with Gasteiger partial charge >= 0.3 is 0 Å². The van der Waals surface area contributed by atoms with Crippen LogP contribution in [0.1, 0.15) is 22.3 Å². The Morgan fingerprint density at radius 2 is 1.69 bits per heavy atom. The molecule has 4 rings (SSSR count). The van der Waals surface area contributed by atoms with E-state index >= 15 is 0 Å². The molecule has 1 aliphatic rings. The van der Waals surface area contributed by atoms with E-state index in [2.05, 4.69) is 5.32 Å². The van der Waals surface area contributed by atoms with Crippen LogP contribution in [0.2, 0.25) is 0 Å². The Labute approximate surface area is 206 Å². The van der Waals surface area contributed by atoms with Crippen LogP contribution in [0.15, 0.2) is 71.6 Å². The Hall–Kier alpha value is -3.91. The second-order valence-electron chi connectivity index (χ2n) is 8.04. The first-order chi connectivity index (χ1) is 16.8. The minimum absolute atomic E-state index is 0.202. The Balaban J connectivity index is 1.46. The molecule has 0 saturated carbocycles. The van der Waals surface area contributed by atoms with Crippen LogP contribution < -0.4 is 10.1 Å². The third-order valence-corrected chi connectivity index (χ3v) is 6.34. The van der Waals surface area contributed by atoms with Crippen molar-refractivity contribution in [3.63, 3.8) is 0 Å². The lowest BCUT2D eigenvalue weighted by molar-refractivity contribution is -0.127. The highest BCUT2D eigenvalue weighted by molar-refractivity contribution is 8.18. The van der Waals surface area contributed by atoms with Gasteiger partial charge in [-0.3, -0.25) is 19.3 Å². The molecule has 1 fully saturated rings. The summed E-state index contributed by atoms with van der Waals surface area (Å²) in [5.41, 5.74) is 3.86. The molecule has 1 saturated heterocycles. The second-order valence-corrected chi connectivity index (χ2v) is 9.03. The van der Waals surface area contributed by atoms with E-state index in [0.29, 0.717) is 17.0 Å². The average molecular weight is 491 g/mol. The number of carbonyl (C=O) groups excluding carboxylic acids is 3. The molecule has 6 nitrogen and oxygen atoms in total. The van der Waals surface area contributed by atoms with Gasteiger partial charge in [-0.2, -0.15) is 0 Å². The normalized spacial score (nSPS) is 14.5. The first kappa shape index (κ1) is 24.2. The Bertz CT molecular complexity index is 1300. The van der Waals surface area contributed by atoms with Crippen LogP contribution in [0.25, 0.3) is 6.08 Å². The molecular weight excluding hydrogens is 467 g/mol. The average Bonchev–Trinajstić information content (AvgIpc) is 3.09. The summed E-state index contributed by atoms with van der Waals surface area (Å²) in [5, 5.41) is 2.29. The van der Waals surface area contributed by atoms with Crippen LogP contribution >= 0.6 is 11.8 Å². The highest BCUT2D eigenvalue weighted by Crippen LogP contribution is 2.34. The van der Waals surface area contributed by atoms with Crippen molar-refractivity contribution >= 4 is 40.6 Å². The van der Waals surface area contributed by atoms with Gasteiger partial charge in [0.05, 0.1) is 4.91 Å². The highest BCUT2D eigenvalue weighted by atomic mass is 32.2. The van der Waals surface area contributed by atoms with Crippen molar-refractivity contribution in [1.29, 1.82) is 0 Å². The lowest BCUT2D eigenvalue weighted by Gasteiger charge is -2.15. The zero-order valence-electron chi connectivity index (χ0n) is 19.2. The van der Waals surface area contributed by atoms with Gasteiger partial charge in [0, 0.05) is 11.3 Å². The number of aryl methyl sites for hydroxylation is 2. The number of anilines is 1. The molecule has 3 aromatic carbocycles. The largest absolute Gasteiger partial charge is 0.488 e. The fourth-order valence-electron chi connectivity index (χ4n) is 3.58. The predicted molar refractivity (Wildman–Crippen MR) is 134 cm³/mol. The molecule has 8 heteroatoms. The molecule has 0 spiro atoms. The second kappa shape index (κ2) is 10.6. The Morgan fingerprint density at radius 1 is 1.00 bits per heavy atom. The van der Waals surface area contributed by atoms with Crippen LogP contribution in [-0.2, 0) is 16.2 Å². The Kier molecular flexibility index (Phi) is 7.31. The van der Waals surface area contributed by atoms with E-state index < -0.39 is 17.1 Å². The molecule has 3 aromatic rings. The minimum atomic E-state index is -0.537. The number of benzene rings is 3. The van der Waals surface area contributed by atoms with E-state index in [0.717, 1.165) is 33.4 Å². The maximum atomic E-state index is 13.1. The van der Waals surface area contributed by atoms with Crippen molar-refractivity contribution in [2.45, 2.75) is 20.5 Å². The molecule has 1 N–H and O–H groups in total. The molecule has 0 bridgehead atoms. The van der Waals surface area contributed by atoms with E-state index in [1.54, 1.807) is 42.5 Å². The number of amides is 3.